The van der Waals surface area contributed by atoms with Crippen molar-refractivity contribution in [2.75, 3.05) is 26.2 Å². The van der Waals surface area contributed by atoms with Gasteiger partial charge in [0.2, 0.25) is 5.88 Å². The Balaban J connectivity index is 1.42. The highest BCUT2D eigenvalue weighted by atomic mass is 16.3. The zero-order valence-corrected chi connectivity index (χ0v) is 16.9. The third-order valence-electron chi connectivity index (χ3n) is 6.42. The van der Waals surface area contributed by atoms with Crippen LogP contribution in [0.25, 0.3) is 16.7 Å². The highest BCUT2D eigenvalue weighted by molar-refractivity contribution is 5.84. The van der Waals surface area contributed by atoms with Gasteiger partial charge in [-0.15, -0.1) is 0 Å². The fourth-order valence-electron chi connectivity index (χ4n) is 4.80. The monoisotopic (exact) mass is 392 g/mol. The van der Waals surface area contributed by atoms with Crippen LogP contribution in [-0.2, 0) is 0 Å². The molecule has 2 aliphatic rings. The van der Waals surface area contributed by atoms with Gasteiger partial charge in [0, 0.05) is 12.0 Å². The van der Waals surface area contributed by atoms with Gasteiger partial charge in [-0.25, -0.2) is 9.67 Å². The minimum atomic E-state index is 0.0467. The van der Waals surface area contributed by atoms with E-state index in [4.69, 9.17) is 4.98 Å². The number of hydrogen-bond acceptors (Lipinski definition) is 6. The maximum atomic E-state index is 10.7. The first kappa shape index (κ1) is 18.5. The number of aromatic hydroxyl groups is 1. The molecule has 5 rings (SSSR count). The Bertz CT molecular complexity index is 987. The normalized spacial score (nSPS) is 19.8. The topological polar surface area (TPSA) is 79.1 Å². The van der Waals surface area contributed by atoms with Crippen LogP contribution in [0.1, 0.15) is 43.1 Å². The summed E-state index contributed by atoms with van der Waals surface area (Å²) in [6.45, 7) is 6.30. The van der Waals surface area contributed by atoms with E-state index >= 15 is 0 Å². The molecule has 0 bridgehead atoms. The SMILES string of the molecule is Cc1nn(-c2ccccc2)c2nc(C3CCN(C4CCNCC4)CC3)nc(O)c12. The predicted octanol–water partition coefficient (Wildman–Crippen LogP) is 2.76. The third-order valence-corrected chi connectivity index (χ3v) is 6.42. The molecule has 2 aromatic heterocycles. The van der Waals surface area contributed by atoms with E-state index in [1.54, 1.807) is 0 Å². The van der Waals surface area contributed by atoms with Crippen LogP contribution >= 0.6 is 0 Å². The van der Waals surface area contributed by atoms with E-state index in [1.807, 2.05) is 41.9 Å². The van der Waals surface area contributed by atoms with Crippen LogP contribution in [0.3, 0.4) is 0 Å². The highest BCUT2D eigenvalue weighted by Gasteiger charge is 2.29. The van der Waals surface area contributed by atoms with Crippen molar-refractivity contribution in [2.45, 2.75) is 44.6 Å². The van der Waals surface area contributed by atoms with E-state index in [-0.39, 0.29) is 11.8 Å². The second-order valence-corrected chi connectivity index (χ2v) is 8.23. The van der Waals surface area contributed by atoms with Crippen molar-refractivity contribution < 1.29 is 5.11 Å². The predicted molar refractivity (Wildman–Crippen MR) is 113 cm³/mol. The molecule has 7 heteroatoms. The van der Waals surface area contributed by atoms with Gasteiger partial charge in [0.1, 0.15) is 11.2 Å². The van der Waals surface area contributed by atoms with Gasteiger partial charge >= 0.3 is 0 Å². The largest absolute Gasteiger partial charge is 0.493 e. The summed E-state index contributed by atoms with van der Waals surface area (Å²) >= 11 is 0. The molecule has 0 saturated carbocycles. The smallest absolute Gasteiger partial charge is 0.225 e. The molecule has 0 radical (unpaired) electrons. The summed E-state index contributed by atoms with van der Waals surface area (Å²) in [5, 5.41) is 19.4. The molecule has 2 aliphatic heterocycles. The number of aromatic nitrogens is 4. The lowest BCUT2D eigenvalue weighted by molar-refractivity contribution is 0.125. The number of benzene rings is 1. The van der Waals surface area contributed by atoms with E-state index in [1.165, 1.54) is 12.8 Å². The van der Waals surface area contributed by atoms with Gasteiger partial charge < -0.3 is 15.3 Å². The van der Waals surface area contributed by atoms with Gasteiger partial charge in [-0.3, -0.25) is 0 Å². The molecule has 29 heavy (non-hydrogen) atoms. The summed E-state index contributed by atoms with van der Waals surface area (Å²) in [5.41, 5.74) is 2.38. The van der Waals surface area contributed by atoms with E-state index < -0.39 is 0 Å². The van der Waals surface area contributed by atoms with Gasteiger partial charge in [-0.2, -0.15) is 10.1 Å². The van der Waals surface area contributed by atoms with Crippen molar-refractivity contribution in [3.8, 4) is 11.6 Å². The molecule has 152 valence electrons. The van der Waals surface area contributed by atoms with Crippen LogP contribution in [0, 0.1) is 6.92 Å². The second kappa shape index (κ2) is 7.72. The van der Waals surface area contributed by atoms with Crippen LogP contribution < -0.4 is 5.32 Å². The molecule has 4 heterocycles. The fraction of sp³-hybridized carbons (Fsp3) is 0.500. The van der Waals surface area contributed by atoms with E-state index in [0.29, 0.717) is 17.1 Å². The summed E-state index contributed by atoms with van der Waals surface area (Å²) in [6.07, 6.45) is 4.55. The summed E-state index contributed by atoms with van der Waals surface area (Å²) in [7, 11) is 0. The van der Waals surface area contributed by atoms with Crippen LogP contribution in [0.2, 0.25) is 0 Å². The van der Waals surface area contributed by atoms with Crippen molar-refractivity contribution in [1.82, 2.24) is 30.0 Å². The molecule has 0 amide bonds. The Morgan fingerprint density at radius 3 is 2.45 bits per heavy atom. The zero-order chi connectivity index (χ0) is 19.8. The van der Waals surface area contributed by atoms with E-state index in [2.05, 4.69) is 20.3 Å². The number of likely N-dealkylation sites (tertiary alicyclic amines) is 1. The second-order valence-electron chi connectivity index (χ2n) is 8.23. The maximum absolute atomic E-state index is 10.7. The van der Waals surface area contributed by atoms with Gasteiger partial charge in [0.15, 0.2) is 5.65 Å². The van der Waals surface area contributed by atoms with Crippen molar-refractivity contribution in [2.24, 2.45) is 0 Å². The lowest BCUT2D eigenvalue weighted by atomic mass is 9.93. The molecule has 2 fully saturated rings. The molecule has 0 unspecified atom stereocenters. The number of nitrogens with zero attached hydrogens (tertiary/aromatic N) is 5. The van der Waals surface area contributed by atoms with Crippen LogP contribution in [0.15, 0.2) is 30.3 Å². The molecule has 1 aromatic carbocycles. The number of fused-ring (bicyclic) bond motifs is 1. The minimum absolute atomic E-state index is 0.0467. The number of nitrogens with one attached hydrogen (secondary N) is 1. The van der Waals surface area contributed by atoms with Crippen LogP contribution in [-0.4, -0.2) is 62.0 Å². The summed E-state index contributed by atoms with van der Waals surface area (Å²) in [4.78, 5) is 12.0. The molecular weight excluding hydrogens is 364 g/mol. The first-order chi connectivity index (χ1) is 14.2. The Hall–Kier alpha value is -2.51. The summed E-state index contributed by atoms with van der Waals surface area (Å²) in [6, 6.07) is 10.7. The van der Waals surface area contributed by atoms with E-state index in [9.17, 15) is 5.11 Å². The minimum Gasteiger partial charge on any atom is -0.493 e. The first-order valence-electron chi connectivity index (χ1n) is 10.7. The Labute approximate surface area is 170 Å². The number of para-hydroxylation sites is 1. The zero-order valence-electron chi connectivity index (χ0n) is 16.9. The number of rotatable bonds is 3. The van der Waals surface area contributed by atoms with Gasteiger partial charge in [-0.1, -0.05) is 18.2 Å². The lowest BCUT2D eigenvalue weighted by Gasteiger charge is -2.39. The molecule has 0 aliphatic carbocycles. The summed E-state index contributed by atoms with van der Waals surface area (Å²) < 4.78 is 1.82. The van der Waals surface area contributed by atoms with Crippen molar-refractivity contribution in [3.05, 3.63) is 41.9 Å². The molecule has 2 saturated heterocycles. The molecule has 7 nitrogen and oxygen atoms in total. The Morgan fingerprint density at radius 1 is 1.00 bits per heavy atom. The number of hydrogen-bond donors (Lipinski definition) is 2. The van der Waals surface area contributed by atoms with Crippen molar-refractivity contribution >= 4 is 11.0 Å². The average molecular weight is 393 g/mol. The Kier molecular flexibility index (Phi) is 4.93. The lowest BCUT2D eigenvalue weighted by Crippen LogP contribution is -2.46. The van der Waals surface area contributed by atoms with Crippen LogP contribution in [0.5, 0.6) is 5.88 Å². The van der Waals surface area contributed by atoms with Crippen molar-refractivity contribution in [3.63, 3.8) is 0 Å². The quantitative estimate of drug-likeness (QED) is 0.714. The molecule has 2 N–H and O–H groups in total. The number of piperidine rings is 2. The van der Waals surface area contributed by atoms with Gasteiger partial charge in [-0.05, 0) is 70.9 Å². The fourth-order valence-corrected chi connectivity index (χ4v) is 4.80. The van der Waals surface area contributed by atoms with E-state index in [0.717, 1.165) is 56.2 Å². The third kappa shape index (κ3) is 3.49. The van der Waals surface area contributed by atoms with Gasteiger partial charge in [0.05, 0.1) is 11.4 Å². The standard InChI is InChI=1S/C22H28N6O/c1-15-19-21(28(26-15)18-5-3-2-4-6-18)24-20(25-22(19)29)16-9-13-27(14-10-16)17-7-11-23-12-8-17/h2-6,16-17,23H,7-14H2,1H3,(H,24,25,29). The van der Waals surface area contributed by atoms with Gasteiger partial charge in [0.25, 0.3) is 0 Å². The molecule has 0 spiro atoms. The highest BCUT2D eigenvalue weighted by Crippen LogP contribution is 2.33. The average Bonchev–Trinajstić information content (AvgIpc) is 3.12. The maximum Gasteiger partial charge on any atom is 0.225 e. The summed E-state index contributed by atoms with van der Waals surface area (Å²) in [5.74, 6) is 1.07. The first-order valence-corrected chi connectivity index (χ1v) is 10.7. The number of aryl methyl sites for hydroxylation is 1. The Morgan fingerprint density at radius 2 is 1.72 bits per heavy atom. The van der Waals surface area contributed by atoms with Crippen LogP contribution in [0.4, 0.5) is 0 Å². The molecule has 3 aromatic rings. The molecule has 0 atom stereocenters. The van der Waals surface area contributed by atoms with Crippen molar-refractivity contribution in [1.29, 1.82) is 0 Å². The molecular formula is C22H28N6O.